The molecule has 0 radical (unpaired) electrons. The Morgan fingerprint density at radius 2 is 2.24 bits per heavy atom. The second-order valence-corrected chi connectivity index (χ2v) is 3.63. The second-order valence-electron chi connectivity index (χ2n) is 3.63. The second kappa shape index (κ2) is 4.78. The number of hydrogen-bond acceptors (Lipinski definition) is 4. The SMILES string of the molecule is COC(=O)c1ccc(Cn2ccnc2C)nc1. The Bertz CT molecular complexity index is 517. The van der Waals surface area contributed by atoms with Crippen molar-refractivity contribution in [1.29, 1.82) is 0 Å². The predicted octanol–water partition coefficient (Wildman–Crippen LogP) is 1.42. The number of rotatable bonds is 3. The summed E-state index contributed by atoms with van der Waals surface area (Å²) in [6, 6.07) is 3.52. The van der Waals surface area contributed by atoms with E-state index in [1.54, 1.807) is 12.3 Å². The smallest absolute Gasteiger partial charge is 0.339 e. The molecule has 0 spiro atoms. The predicted molar refractivity (Wildman–Crippen MR) is 61.6 cm³/mol. The van der Waals surface area contributed by atoms with Crippen LogP contribution >= 0.6 is 0 Å². The Kier molecular flexibility index (Phi) is 3.18. The van der Waals surface area contributed by atoms with Gasteiger partial charge in [-0.3, -0.25) is 4.98 Å². The first-order chi connectivity index (χ1) is 8.20. The van der Waals surface area contributed by atoms with Crippen molar-refractivity contribution in [2.75, 3.05) is 7.11 Å². The minimum atomic E-state index is -0.372. The van der Waals surface area contributed by atoms with E-state index in [2.05, 4.69) is 14.7 Å². The van der Waals surface area contributed by atoms with Crippen molar-refractivity contribution in [2.45, 2.75) is 13.5 Å². The number of nitrogens with zero attached hydrogens (tertiary/aromatic N) is 3. The molecule has 0 unspecified atom stereocenters. The van der Waals surface area contributed by atoms with Gasteiger partial charge in [-0.1, -0.05) is 0 Å². The standard InChI is InChI=1S/C12H13N3O2/c1-9-13-5-6-15(9)8-11-4-3-10(7-14-11)12(16)17-2/h3-7H,8H2,1-2H3. The zero-order valence-corrected chi connectivity index (χ0v) is 9.75. The third-order valence-electron chi connectivity index (χ3n) is 2.50. The Morgan fingerprint density at radius 1 is 1.41 bits per heavy atom. The van der Waals surface area contributed by atoms with Crippen molar-refractivity contribution in [3.8, 4) is 0 Å². The quantitative estimate of drug-likeness (QED) is 0.750. The molecule has 2 aromatic heterocycles. The maximum atomic E-state index is 11.2. The summed E-state index contributed by atoms with van der Waals surface area (Å²) in [6.07, 6.45) is 5.16. The van der Waals surface area contributed by atoms with Crippen LogP contribution in [0.1, 0.15) is 21.9 Å². The number of methoxy groups -OCH3 is 1. The van der Waals surface area contributed by atoms with E-state index in [9.17, 15) is 4.79 Å². The number of hydrogen-bond donors (Lipinski definition) is 0. The molecule has 5 nitrogen and oxygen atoms in total. The van der Waals surface area contributed by atoms with Crippen molar-refractivity contribution in [1.82, 2.24) is 14.5 Å². The van der Waals surface area contributed by atoms with Crippen LogP contribution < -0.4 is 0 Å². The van der Waals surface area contributed by atoms with Gasteiger partial charge in [-0.05, 0) is 19.1 Å². The Balaban J connectivity index is 2.14. The lowest BCUT2D eigenvalue weighted by atomic mass is 10.2. The molecule has 0 aromatic carbocycles. The number of ether oxygens (including phenoxy) is 1. The number of pyridine rings is 1. The molecule has 2 rings (SSSR count). The fourth-order valence-corrected chi connectivity index (χ4v) is 1.50. The minimum absolute atomic E-state index is 0.372. The van der Waals surface area contributed by atoms with Gasteiger partial charge in [0.25, 0.3) is 0 Å². The molecular formula is C12H13N3O2. The van der Waals surface area contributed by atoms with Gasteiger partial charge in [0.1, 0.15) is 5.82 Å². The largest absolute Gasteiger partial charge is 0.465 e. The van der Waals surface area contributed by atoms with Crippen LogP contribution in [0, 0.1) is 6.92 Å². The lowest BCUT2D eigenvalue weighted by Gasteiger charge is -2.05. The fourth-order valence-electron chi connectivity index (χ4n) is 1.50. The van der Waals surface area contributed by atoms with Gasteiger partial charge >= 0.3 is 5.97 Å². The molecule has 0 bridgehead atoms. The molecule has 0 fully saturated rings. The molecule has 0 amide bonds. The molecule has 0 atom stereocenters. The van der Waals surface area contributed by atoms with Crippen molar-refractivity contribution < 1.29 is 9.53 Å². The van der Waals surface area contributed by atoms with Gasteiger partial charge in [-0.2, -0.15) is 0 Å². The summed E-state index contributed by atoms with van der Waals surface area (Å²) < 4.78 is 6.59. The molecule has 5 heteroatoms. The first-order valence-corrected chi connectivity index (χ1v) is 5.21. The monoisotopic (exact) mass is 231 g/mol. The van der Waals surface area contributed by atoms with Crippen molar-refractivity contribution >= 4 is 5.97 Å². The van der Waals surface area contributed by atoms with Crippen molar-refractivity contribution in [2.24, 2.45) is 0 Å². The van der Waals surface area contributed by atoms with Gasteiger partial charge in [-0.25, -0.2) is 9.78 Å². The lowest BCUT2D eigenvalue weighted by molar-refractivity contribution is 0.0600. The van der Waals surface area contributed by atoms with E-state index >= 15 is 0 Å². The van der Waals surface area contributed by atoms with E-state index < -0.39 is 0 Å². The van der Waals surface area contributed by atoms with Crippen molar-refractivity contribution in [3.05, 3.63) is 47.8 Å². The molecule has 0 N–H and O–H groups in total. The molecule has 2 aromatic rings. The number of aromatic nitrogens is 3. The normalized spacial score (nSPS) is 10.2. The van der Waals surface area contributed by atoms with E-state index in [0.717, 1.165) is 11.5 Å². The summed E-state index contributed by atoms with van der Waals surface area (Å²) >= 11 is 0. The van der Waals surface area contributed by atoms with Gasteiger partial charge in [0.2, 0.25) is 0 Å². The minimum Gasteiger partial charge on any atom is -0.465 e. The van der Waals surface area contributed by atoms with Gasteiger partial charge in [0.15, 0.2) is 0 Å². The van der Waals surface area contributed by atoms with E-state index in [1.807, 2.05) is 23.8 Å². The Hall–Kier alpha value is -2.17. The topological polar surface area (TPSA) is 57.0 Å². The molecule has 0 saturated carbocycles. The maximum absolute atomic E-state index is 11.2. The Labute approximate surface area is 99.1 Å². The van der Waals surface area contributed by atoms with Crippen LogP contribution in [0.4, 0.5) is 0 Å². The highest BCUT2D eigenvalue weighted by molar-refractivity contribution is 5.88. The highest BCUT2D eigenvalue weighted by atomic mass is 16.5. The summed E-state index contributed by atoms with van der Waals surface area (Å²) in [5, 5.41) is 0. The molecule has 17 heavy (non-hydrogen) atoms. The number of carbonyl (C=O) groups is 1. The third-order valence-corrected chi connectivity index (χ3v) is 2.50. The summed E-state index contributed by atoms with van der Waals surface area (Å²) in [7, 11) is 1.35. The van der Waals surface area contributed by atoms with Crippen LogP contribution in [0.2, 0.25) is 0 Å². The number of carbonyl (C=O) groups excluding carboxylic acids is 1. The molecule has 88 valence electrons. The van der Waals surface area contributed by atoms with E-state index in [4.69, 9.17) is 0 Å². The van der Waals surface area contributed by atoms with Crippen LogP contribution in [0.15, 0.2) is 30.7 Å². The summed E-state index contributed by atoms with van der Waals surface area (Å²) in [5.74, 6) is 0.562. The summed E-state index contributed by atoms with van der Waals surface area (Å²) in [6.45, 7) is 2.58. The van der Waals surface area contributed by atoms with Crippen LogP contribution in [-0.4, -0.2) is 27.6 Å². The van der Waals surface area contributed by atoms with Gasteiger partial charge in [0.05, 0.1) is 24.9 Å². The molecule has 0 aliphatic heterocycles. The average molecular weight is 231 g/mol. The van der Waals surface area contributed by atoms with Crippen molar-refractivity contribution in [3.63, 3.8) is 0 Å². The zero-order chi connectivity index (χ0) is 12.3. The molecule has 2 heterocycles. The lowest BCUT2D eigenvalue weighted by Crippen LogP contribution is -2.05. The van der Waals surface area contributed by atoms with E-state index in [-0.39, 0.29) is 5.97 Å². The highest BCUT2D eigenvalue weighted by Crippen LogP contribution is 2.05. The van der Waals surface area contributed by atoms with Gasteiger partial charge < -0.3 is 9.30 Å². The molecule has 0 aliphatic carbocycles. The van der Waals surface area contributed by atoms with Gasteiger partial charge in [0, 0.05) is 18.6 Å². The molecule has 0 saturated heterocycles. The van der Waals surface area contributed by atoms with E-state index in [0.29, 0.717) is 12.1 Å². The number of esters is 1. The number of imidazole rings is 1. The first-order valence-electron chi connectivity index (χ1n) is 5.21. The fraction of sp³-hybridized carbons (Fsp3) is 0.250. The molecular weight excluding hydrogens is 218 g/mol. The summed E-state index contributed by atoms with van der Waals surface area (Å²) in [5.41, 5.74) is 1.33. The highest BCUT2D eigenvalue weighted by Gasteiger charge is 2.06. The van der Waals surface area contributed by atoms with Gasteiger partial charge in [-0.15, -0.1) is 0 Å². The third kappa shape index (κ3) is 2.50. The van der Waals surface area contributed by atoms with Crippen LogP contribution in [0.5, 0.6) is 0 Å². The average Bonchev–Trinajstić information content (AvgIpc) is 2.75. The maximum Gasteiger partial charge on any atom is 0.339 e. The van der Waals surface area contributed by atoms with Crippen LogP contribution in [-0.2, 0) is 11.3 Å². The van der Waals surface area contributed by atoms with Crippen LogP contribution in [0.3, 0.4) is 0 Å². The first kappa shape index (κ1) is 11.3. The van der Waals surface area contributed by atoms with E-state index in [1.165, 1.54) is 13.3 Å². The Morgan fingerprint density at radius 3 is 2.76 bits per heavy atom. The summed E-state index contributed by atoms with van der Waals surface area (Å²) in [4.78, 5) is 19.6. The van der Waals surface area contributed by atoms with Crippen LogP contribution in [0.25, 0.3) is 0 Å². The number of aryl methyl sites for hydroxylation is 1. The molecule has 0 aliphatic rings. The zero-order valence-electron chi connectivity index (χ0n) is 9.75.